The summed E-state index contributed by atoms with van der Waals surface area (Å²) in [6.45, 7) is 3.74. The molecule has 0 N–H and O–H groups in total. The first kappa shape index (κ1) is 10.6. The monoisotopic (exact) mass is 191 g/mol. The van der Waals surface area contributed by atoms with Crippen LogP contribution in [-0.4, -0.2) is 21.2 Å². The lowest BCUT2D eigenvalue weighted by molar-refractivity contribution is 0.411. The highest BCUT2D eigenvalue weighted by Crippen LogP contribution is 2.30. The lowest BCUT2D eigenvalue weighted by Gasteiger charge is -2.18. The molecule has 0 spiro atoms. The predicted octanol–water partition coefficient (Wildman–Crippen LogP) is 2.49. The number of para-hydroxylation sites is 1. The van der Waals surface area contributed by atoms with Gasteiger partial charge in [-0.2, -0.15) is 0 Å². The van der Waals surface area contributed by atoms with Gasteiger partial charge in [-0.3, -0.25) is 0 Å². The Balaban J connectivity index is 3.17. The highest BCUT2D eigenvalue weighted by Gasteiger charge is 2.08. The second-order valence-electron chi connectivity index (χ2n) is 3.36. The molecular formula is C12H17NO. The lowest BCUT2D eigenvalue weighted by atomic mass is 10.1. The molecule has 0 fully saturated rings. The Labute approximate surface area is 85.8 Å². The third-order valence-corrected chi connectivity index (χ3v) is 2.13. The maximum absolute atomic E-state index is 5.40. The second kappa shape index (κ2) is 4.70. The summed E-state index contributed by atoms with van der Waals surface area (Å²) in [5.74, 6) is 0.942. The first-order valence-electron chi connectivity index (χ1n) is 4.64. The lowest BCUT2D eigenvalue weighted by Crippen LogP contribution is -2.10. The molecule has 0 aliphatic carbocycles. The summed E-state index contributed by atoms with van der Waals surface area (Å²) in [6, 6.07) is 6.15. The van der Waals surface area contributed by atoms with E-state index in [1.165, 1.54) is 5.56 Å². The van der Waals surface area contributed by atoms with Crippen LogP contribution < -0.4 is 9.64 Å². The molecule has 1 aromatic carbocycles. The molecule has 0 aromatic heterocycles. The van der Waals surface area contributed by atoms with Gasteiger partial charge in [0.05, 0.1) is 12.8 Å². The van der Waals surface area contributed by atoms with Gasteiger partial charge in [-0.15, -0.1) is 6.58 Å². The summed E-state index contributed by atoms with van der Waals surface area (Å²) in [6.07, 6.45) is 2.72. The number of rotatable bonds is 4. The average molecular weight is 191 g/mol. The largest absolute Gasteiger partial charge is 0.494 e. The molecule has 0 atom stereocenters. The van der Waals surface area contributed by atoms with Crippen LogP contribution in [0, 0.1) is 0 Å². The SMILES string of the molecule is C=CCc1cccc(N(C)C)c1OC. The van der Waals surface area contributed by atoms with E-state index in [0.717, 1.165) is 17.9 Å². The normalized spacial score (nSPS) is 9.64. The van der Waals surface area contributed by atoms with Crippen molar-refractivity contribution in [2.45, 2.75) is 6.42 Å². The molecule has 0 heterocycles. The van der Waals surface area contributed by atoms with Crippen molar-refractivity contribution in [3.63, 3.8) is 0 Å². The van der Waals surface area contributed by atoms with Crippen LogP contribution in [0.2, 0.25) is 0 Å². The number of methoxy groups -OCH3 is 1. The van der Waals surface area contributed by atoms with Crippen molar-refractivity contribution >= 4 is 5.69 Å². The molecule has 0 unspecified atom stereocenters. The Morgan fingerprint density at radius 3 is 2.64 bits per heavy atom. The summed E-state index contributed by atoms with van der Waals surface area (Å²) < 4.78 is 5.40. The molecule has 2 heteroatoms. The quantitative estimate of drug-likeness (QED) is 0.678. The van der Waals surface area contributed by atoms with Crippen molar-refractivity contribution in [3.05, 3.63) is 36.4 Å². The summed E-state index contributed by atoms with van der Waals surface area (Å²) in [4.78, 5) is 2.05. The summed E-state index contributed by atoms with van der Waals surface area (Å²) in [5.41, 5.74) is 2.28. The molecule has 76 valence electrons. The van der Waals surface area contributed by atoms with Gasteiger partial charge in [0.2, 0.25) is 0 Å². The zero-order chi connectivity index (χ0) is 10.6. The standard InChI is InChI=1S/C12H17NO/c1-5-7-10-8-6-9-11(13(2)3)12(10)14-4/h5-6,8-9H,1,7H2,2-4H3. The van der Waals surface area contributed by atoms with Crippen molar-refractivity contribution in [1.82, 2.24) is 0 Å². The highest BCUT2D eigenvalue weighted by atomic mass is 16.5. The molecule has 1 aromatic rings. The summed E-state index contributed by atoms with van der Waals surface area (Å²) in [7, 11) is 5.72. The predicted molar refractivity (Wildman–Crippen MR) is 61.2 cm³/mol. The number of benzene rings is 1. The first-order valence-corrected chi connectivity index (χ1v) is 4.64. The van der Waals surface area contributed by atoms with Crippen LogP contribution >= 0.6 is 0 Å². The van der Waals surface area contributed by atoms with E-state index in [9.17, 15) is 0 Å². The first-order chi connectivity index (χ1) is 6.70. The maximum Gasteiger partial charge on any atom is 0.145 e. The Kier molecular flexibility index (Phi) is 3.57. The summed E-state index contributed by atoms with van der Waals surface area (Å²) in [5, 5.41) is 0. The molecule has 0 bridgehead atoms. The minimum atomic E-state index is 0.838. The van der Waals surface area contributed by atoms with Crippen molar-refractivity contribution in [1.29, 1.82) is 0 Å². The summed E-state index contributed by atoms with van der Waals surface area (Å²) >= 11 is 0. The van der Waals surface area contributed by atoms with Crippen molar-refractivity contribution in [2.75, 3.05) is 26.1 Å². The number of hydrogen-bond donors (Lipinski definition) is 0. The molecule has 0 aliphatic rings. The number of ether oxygens (including phenoxy) is 1. The zero-order valence-corrected chi connectivity index (χ0v) is 9.08. The van der Waals surface area contributed by atoms with E-state index in [4.69, 9.17) is 4.74 Å². The minimum absolute atomic E-state index is 0.838. The molecule has 2 nitrogen and oxygen atoms in total. The van der Waals surface area contributed by atoms with Crippen LogP contribution in [0.3, 0.4) is 0 Å². The van der Waals surface area contributed by atoms with E-state index in [-0.39, 0.29) is 0 Å². The number of anilines is 1. The minimum Gasteiger partial charge on any atom is -0.494 e. The molecule has 0 amide bonds. The third-order valence-electron chi connectivity index (χ3n) is 2.13. The fourth-order valence-corrected chi connectivity index (χ4v) is 1.48. The molecule has 0 aliphatic heterocycles. The third kappa shape index (κ3) is 2.08. The Morgan fingerprint density at radius 1 is 1.43 bits per heavy atom. The van der Waals surface area contributed by atoms with Gasteiger partial charge < -0.3 is 9.64 Å². The van der Waals surface area contributed by atoms with Crippen LogP contribution in [-0.2, 0) is 6.42 Å². The smallest absolute Gasteiger partial charge is 0.145 e. The molecule has 0 radical (unpaired) electrons. The second-order valence-corrected chi connectivity index (χ2v) is 3.36. The van der Waals surface area contributed by atoms with E-state index in [2.05, 4.69) is 12.6 Å². The van der Waals surface area contributed by atoms with E-state index in [0.29, 0.717) is 0 Å². The molecule has 14 heavy (non-hydrogen) atoms. The van der Waals surface area contributed by atoms with Crippen LogP contribution in [0.5, 0.6) is 5.75 Å². The van der Waals surface area contributed by atoms with E-state index in [1.54, 1.807) is 7.11 Å². The van der Waals surface area contributed by atoms with Gasteiger partial charge in [0.15, 0.2) is 0 Å². The average Bonchev–Trinajstić information content (AvgIpc) is 2.18. The molecule has 0 saturated heterocycles. The van der Waals surface area contributed by atoms with Gasteiger partial charge in [0.25, 0.3) is 0 Å². The fraction of sp³-hybridized carbons (Fsp3) is 0.333. The van der Waals surface area contributed by atoms with Gasteiger partial charge >= 0.3 is 0 Å². The Bertz CT molecular complexity index is 318. The maximum atomic E-state index is 5.40. The fourth-order valence-electron chi connectivity index (χ4n) is 1.48. The van der Waals surface area contributed by atoms with Gasteiger partial charge in [-0.25, -0.2) is 0 Å². The van der Waals surface area contributed by atoms with Crippen LogP contribution in [0.25, 0.3) is 0 Å². The number of hydrogen-bond acceptors (Lipinski definition) is 2. The van der Waals surface area contributed by atoms with Crippen molar-refractivity contribution < 1.29 is 4.74 Å². The van der Waals surface area contributed by atoms with Crippen LogP contribution in [0.4, 0.5) is 5.69 Å². The molecular weight excluding hydrogens is 174 g/mol. The Morgan fingerprint density at radius 2 is 2.14 bits per heavy atom. The van der Waals surface area contributed by atoms with Crippen molar-refractivity contribution in [3.8, 4) is 5.75 Å². The van der Waals surface area contributed by atoms with Crippen molar-refractivity contribution in [2.24, 2.45) is 0 Å². The van der Waals surface area contributed by atoms with Gasteiger partial charge in [-0.05, 0) is 12.5 Å². The molecule has 0 saturated carbocycles. The Hall–Kier alpha value is -1.44. The topological polar surface area (TPSA) is 12.5 Å². The van der Waals surface area contributed by atoms with Crippen LogP contribution in [0.15, 0.2) is 30.9 Å². The van der Waals surface area contributed by atoms with E-state index >= 15 is 0 Å². The van der Waals surface area contributed by atoms with Gasteiger partial charge in [0, 0.05) is 19.7 Å². The number of nitrogens with zero attached hydrogens (tertiary/aromatic N) is 1. The zero-order valence-electron chi connectivity index (χ0n) is 9.08. The van der Waals surface area contributed by atoms with E-state index < -0.39 is 0 Å². The molecule has 1 rings (SSSR count). The van der Waals surface area contributed by atoms with Gasteiger partial charge in [-0.1, -0.05) is 18.2 Å². The highest BCUT2D eigenvalue weighted by molar-refractivity contribution is 5.61. The van der Waals surface area contributed by atoms with Crippen LogP contribution in [0.1, 0.15) is 5.56 Å². The number of allylic oxidation sites excluding steroid dienone is 1. The van der Waals surface area contributed by atoms with E-state index in [1.807, 2.05) is 37.2 Å². The van der Waals surface area contributed by atoms with Gasteiger partial charge in [0.1, 0.15) is 5.75 Å².